The molecule has 0 aliphatic heterocycles. The summed E-state index contributed by atoms with van der Waals surface area (Å²) in [6.45, 7) is 14.2. The van der Waals surface area contributed by atoms with Crippen molar-refractivity contribution >= 4 is 5.71 Å². The highest BCUT2D eigenvalue weighted by molar-refractivity contribution is 5.85. The van der Waals surface area contributed by atoms with E-state index >= 15 is 0 Å². The van der Waals surface area contributed by atoms with Gasteiger partial charge in [0, 0.05) is 12.5 Å². The maximum absolute atomic E-state index is 10.3. The standard InChI is InChI=1S/C28H48N2O3/c1-6-30(7-2)17-22(32)18-33-29-19(3)24-10-11-25-23-9-8-20-16-21(31)12-14-27(20,4)26(23)13-15-28(24,25)5/h8,21-26,31-32H,6-7,9-18H2,1-5H3/t21?,22?,23-,24+,25-,26-,27-,28+/m0/s1. The third kappa shape index (κ3) is 4.67. The van der Waals surface area contributed by atoms with Gasteiger partial charge < -0.3 is 20.0 Å². The van der Waals surface area contributed by atoms with E-state index in [2.05, 4.69) is 50.8 Å². The van der Waals surface area contributed by atoms with Gasteiger partial charge in [0.2, 0.25) is 0 Å². The second-order valence-electron chi connectivity index (χ2n) is 12.0. The minimum absolute atomic E-state index is 0.130. The fourth-order valence-corrected chi connectivity index (χ4v) is 8.45. The van der Waals surface area contributed by atoms with Crippen LogP contribution in [0.2, 0.25) is 0 Å². The van der Waals surface area contributed by atoms with Crippen molar-refractivity contribution in [3.8, 4) is 0 Å². The smallest absolute Gasteiger partial charge is 0.144 e. The van der Waals surface area contributed by atoms with E-state index in [4.69, 9.17) is 4.84 Å². The fourth-order valence-electron chi connectivity index (χ4n) is 8.45. The van der Waals surface area contributed by atoms with Crippen molar-refractivity contribution in [3.63, 3.8) is 0 Å². The van der Waals surface area contributed by atoms with Gasteiger partial charge in [-0.25, -0.2) is 0 Å². The van der Waals surface area contributed by atoms with E-state index in [1.165, 1.54) is 32.1 Å². The zero-order valence-corrected chi connectivity index (χ0v) is 21.7. The van der Waals surface area contributed by atoms with E-state index in [9.17, 15) is 10.2 Å². The number of allylic oxidation sites excluding steroid dienone is 1. The molecule has 5 nitrogen and oxygen atoms in total. The number of aliphatic hydroxyl groups excluding tert-OH is 2. The molecule has 188 valence electrons. The second kappa shape index (κ2) is 9.99. The molecule has 0 aromatic heterocycles. The number of nitrogens with zero attached hydrogens (tertiary/aromatic N) is 2. The van der Waals surface area contributed by atoms with Crippen molar-refractivity contribution in [1.82, 2.24) is 4.90 Å². The lowest BCUT2D eigenvalue weighted by Crippen LogP contribution is -2.50. The molecule has 33 heavy (non-hydrogen) atoms. The Labute approximate surface area is 201 Å². The summed E-state index contributed by atoms with van der Waals surface area (Å²) in [7, 11) is 0. The molecule has 0 bridgehead atoms. The van der Waals surface area contributed by atoms with E-state index in [0.717, 1.165) is 55.8 Å². The van der Waals surface area contributed by atoms with Crippen LogP contribution in [0.25, 0.3) is 0 Å². The maximum Gasteiger partial charge on any atom is 0.144 e. The zero-order valence-electron chi connectivity index (χ0n) is 21.7. The van der Waals surface area contributed by atoms with Crippen LogP contribution in [0.4, 0.5) is 0 Å². The first-order valence-electron chi connectivity index (χ1n) is 13.7. The van der Waals surface area contributed by atoms with Crippen LogP contribution in [-0.4, -0.2) is 59.3 Å². The Morgan fingerprint density at radius 3 is 2.64 bits per heavy atom. The molecule has 5 heteroatoms. The van der Waals surface area contributed by atoms with E-state index < -0.39 is 6.10 Å². The van der Waals surface area contributed by atoms with Crippen LogP contribution in [0.5, 0.6) is 0 Å². The SMILES string of the molecule is CCN(CC)CC(O)CON=C(C)[C@H]1CC[C@H]2[C@@H]3CC=C4CC(O)CC[C@]4(C)[C@H]3CC[C@]12C. The Kier molecular flexibility index (Phi) is 7.62. The lowest BCUT2D eigenvalue weighted by atomic mass is 9.47. The maximum atomic E-state index is 10.3. The summed E-state index contributed by atoms with van der Waals surface area (Å²) in [6, 6.07) is 0. The van der Waals surface area contributed by atoms with E-state index in [0.29, 0.717) is 23.3 Å². The Balaban J connectivity index is 1.41. The highest BCUT2D eigenvalue weighted by Crippen LogP contribution is 2.66. The van der Waals surface area contributed by atoms with E-state index in [1.54, 1.807) is 5.57 Å². The predicted molar refractivity (Wildman–Crippen MR) is 134 cm³/mol. The van der Waals surface area contributed by atoms with Gasteiger partial charge >= 0.3 is 0 Å². The van der Waals surface area contributed by atoms with Crippen molar-refractivity contribution in [3.05, 3.63) is 11.6 Å². The quantitative estimate of drug-likeness (QED) is 0.303. The van der Waals surface area contributed by atoms with Crippen LogP contribution in [0.15, 0.2) is 16.8 Å². The van der Waals surface area contributed by atoms with Crippen LogP contribution < -0.4 is 0 Å². The third-order valence-corrected chi connectivity index (χ3v) is 10.4. The molecule has 4 aliphatic carbocycles. The Bertz CT molecular complexity index is 747. The van der Waals surface area contributed by atoms with Crippen LogP contribution in [0, 0.1) is 34.5 Å². The number of fused-ring (bicyclic) bond motifs is 5. The monoisotopic (exact) mass is 460 g/mol. The van der Waals surface area contributed by atoms with Gasteiger partial charge in [-0.1, -0.05) is 44.5 Å². The molecule has 0 saturated heterocycles. The number of rotatable bonds is 8. The number of hydrogen-bond acceptors (Lipinski definition) is 5. The molecule has 4 rings (SSSR count). The average Bonchev–Trinajstić information content (AvgIpc) is 3.15. The second-order valence-corrected chi connectivity index (χ2v) is 12.0. The van der Waals surface area contributed by atoms with Crippen LogP contribution >= 0.6 is 0 Å². The van der Waals surface area contributed by atoms with Gasteiger partial charge in [-0.15, -0.1) is 0 Å². The fraction of sp³-hybridized carbons (Fsp3) is 0.893. The number of oxime groups is 1. The molecule has 3 fully saturated rings. The topological polar surface area (TPSA) is 65.3 Å². The Morgan fingerprint density at radius 1 is 1.15 bits per heavy atom. The molecule has 0 spiro atoms. The van der Waals surface area contributed by atoms with Gasteiger partial charge in [-0.3, -0.25) is 0 Å². The van der Waals surface area contributed by atoms with Gasteiger partial charge in [0.15, 0.2) is 0 Å². The lowest BCUT2D eigenvalue weighted by Gasteiger charge is -2.58. The summed E-state index contributed by atoms with van der Waals surface area (Å²) < 4.78 is 0. The summed E-state index contributed by atoms with van der Waals surface area (Å²) >= 11 is 0. The van der Waals surface area contributed by atoms with Gasteiger partial charge in [0.05, 0.1) is 11.8 Å². The lowest BCUT2D eigenvalue weighted by molar-refractivity contribution is -0.0429. The first-order chi connectivity index (χ1) is 15.7. The third-order valence-electron chi connectivity index (χ3n) is 10.4. The summed E-state index contributed by atoms with van der Waals surface area (Å²) in [5.41, 5.74) is 3.27. The summed E-state index contributed by atoms with van der Waals surface area (Å²) in [4.78, 5) is 7.88. The molecule has 0 aromatic carbocycles. The van der Waals surface area contributed by atoms with E-state index in [1.807, 2.05) is 0 Å². The van der Waals surface area contributed by atoms with Crippen molar-refractivity contribution in [1.29, 1.82) is 0 Å². The van der Waals surface area contributed by atoms with Crippen molar-refractivity contribution in [2.45, 2.75) is 98.2 Å². The molecule has 0 aromatic rings. The minimum atomic E-state index is -0.498. The van der Waals surface area contributed by atoms with Gasteiger partial charge in [0.1, 0.15) is 12.7 Å². The number of aliphatic hydroxyl groups is 2. The predicted octanol–water partition coefficient (Wildman–Crippen LogP) is 5.02. The molecular formula is C28H48N2O3. The first kappa shape index (κ1) is 25.2. The van der Waals surface area contributed by atoms with Crippen molar-refractivity contribution in [2.75, 3.05) is 26.2 Å². The largest absolute Gasteiger partial charge is 0.393 e. The molecule has 2 unspecified atom stereocenters. The molecule has 2 N–H and O–H groups in total. The Morgan fingerprint density at radius 2 is 1.91 bits per heavy atom. The highest BCUT2D eigenvalue weighted by atomic mass is 16.6. The molecule has 4 aliphatic rings. The van der Waals surface area contributed by atoms with Gasteiger partial charge in [-0.05, 0) is 100.0 Å². The molecule has 0 radical (unpaired) electrons. The molecular weight excluding hydrogens is 412 g/mol. The van der Waals surface area contributed by atoms with Crippen LogP contribution in [0.3, 0.4) is 0 Å². The van der Waals surface area contributed by atoms with Gasteiger partial charge in [0.25, 0.3) is 0 Å². The van der Waals surface area contributed by atoms with Crippen LogP contribution in [0.1, 0.15) is 86.0 Å². The number of likely N-dealkylation sites (N-methyl/N-ethyl adjacent to an activating group) is 1. The average molecular weight is 461 g/mol. The minimum Gasteiger partial charge on any atom is -0.393 e. The molecule has 0 amide bonds. The normalized spacial score (nSPS) is 41.8. The van der Waals surface area contributed by atoms with Crippen molar-refractivity contribution in [2.24, 2.45) is 39.7 Å². The highest BCUT2D eigenvalue weighted by Gasteiger charge is 2.59. The van der Waals surface area contributed by atoms with Crippen LogP contribution in [-0.2, 0) is 4.84 Å². The summed E-state index contributed by atoms with van der Waals surface area (Å²) in [5, 5.41) is 25.1. The summed E-state index contributed by atoms with van der Waals surface area (Å²) in [5.74, 6) is 2.77. The molecule has 8 atom stereocenters. The summed E-state index contributed by atoms with van der Waals surface area (Å²) in [6.07, 6.45) is 11.2. The first-order valence-corrected chi connectivity index (χ1v) is 13.7. The van der Waals surface area contributed by atoms with Gasteiger partial charge in [-0.2, -0.15) is 0 Å². The number of hydrogen-bond donors (Lipinski definition) is 2. The molecule has 0 heterocycles. The molecule has 3 saturated carbocycles. The zero-order chi connectivity index (χ0) is 23.8. The Hall–Kier alpha value is -0.910. The van der Waals surface area contributed by atoms with E-state index in [-0.39, 0.29) is 12.7 Å². The van der Waals surface area contributed by atoms with Crippen molar-refractivity contribution < 1.29 is 15.1 Å².